The van der Waals surface area contributed by atoms with Crippen LogP contribution in [0.3, 0.4) is 0 Å². The molecule has 0 saturated heterocycles. The Morgan fingerprint density at radius 1 is 0.667 bits per heavy atom. The monoisotopic (exact) mass is 401 g/mol. The lowest BCUT2D eigenvalue weighted by Gasteiger charge is -2.10. The highest BCUT2D eigenvalue weighted by molar-refractivity contribution is 6.02. The highest BCUT2D eigenvalue weighted by Gasteiger charge is 2.10. The predicted octanol–water partition coefficient (Wildman–Crippen LogP) is 6.00. The standard InChI is InChI=1S/C25H27N3O2/c1-16-10-7-14-22(29-5)24(16)26-18(3)20-12-9-13-21(28-20)19(4)27-25-17(2)11-8-15-23(25)30-6/h7-15H,1-6H3. The molecule has 0 fully saturated rings. The van der Waals surface area contributed by atoms with Gasteiger partial charge in [-0.25, -0.2) is 15.0 Å². The number of hydrogen-bond donors (Lipinski definition) is 0. The van der Waals surface area contributed by atoms with E-state index in [-0.39, 0.29) is 0 Å². The lowest BCUT2D eigenvalue weighted by molar-refractivity contribution is 0.416. The van der Waals surface area contributed by atoms with Crippen molar-refractivity contribution in [2.24, 2.45) is 9.98 Å². The fourth-order valence-corrected chi connectivity index (χ4v) is 3.17. The molecule has 0 N–H and O–H groups in total. The van der Waals surface area contributed by atoms with E-state index < -0.39 is 0 Å². The molecule has 30 heavy (non-hydrogen) atoms. The first-order valence-corrected chi connectivity index (χ1v) is 9.80. The Morgan fingerprint density at radius 3 is 1.47 bits per heavy atom. The maximum atomic E-state index is 5.47. The molecule has 1 aromatic heterocycles. The number of rotatable bonds is 6. The fraction of sp³-hybridized carbons (Fsp3) is 0.240. The van der Waals surface area contributed by atoms with Crippen molar-refractivity contribution in [1.29, 1.82) is 0 Å². The molecule has 0 atom stereocenters. The summed E-state index contributed by atoms with van der Waals surface area (Å²) >= 11 is 0. The van der Waals surface area contributed by atoms with Gasteiger partial charge in [0.15, 0.2) is 0 Å². The van der Waals surface area contributed by atoms with Crippen molar-refractivity contribution < 1.29 is 9.47 Å². The minimum absolute atomic E-state index is 0.745. The minimum Gasteiger partial charge on any atom is -0.494 e. The smallest absolute Gasteiger partial charge is 0.144 e. The molecule has 0 radical (unpaired) electrons. The van der Waals surface area contributed by atoms with E-state index in [0.717, 1.165) is 56.8 Å². The Morgan fingerprint density at radius 2 is 1.07 bits per heavy atom. The molecule has 154 valence electrons. The number of nitrogens with zero attached hydrogens (tertiary/aromatic N) is 3. The van der Waals surface area contributed by atoms with Gasteiger partial charge in [-0.1, -0.05) is 30.3 Å². The number of para-hydroxylation sites is 2. The van der Waals surface area contributed by atoms with Gasteiger partial charge in [-0.2, -0.15) is 0 Å². The van der Waals surface area contributed by atoms with Crippen LogP contribution in [0.1, 0.15) is 36.4 Å². The molecule has 3 aromatic rings. The molecule has 0 unspecified atom stereocenters. The number of benzene rings is 2. The van der Waals surface area contributed by atoms with Crippen molar-refractivity contribution in [1.82, 2.24) is 4.98 Å². The summed E-state index contributed by atoms with van der Waals surface area (Å²) in [5, 5.41) is 0. The second kappa shape index (κ2) is 9.35. The zero-order valence-corrected chi connectivity index (χ0v) is 18.4. The Hall–Kier alpha value is -3.47. The SMILES string of the molecule is COc1cccc(C)c1N=C(C)c1cccc(C(C)=Nc2c(C)cccc2OC)n1. The van der Waals surface area contributed by atoms with E-state index in [9.17, 15) is 0 Å². The van der Waals surface area contributed by atoms with Crippen molar-refractivity contribution in [3.05, 3.63) is 77.1 Å². The van der Waals surface area contributed by atoms with Crippen LogP contribution in [0.5, 0.6) is 11.5 Å². The summed E-state index contributed by atoms with van der Waals surface area (Å²) in [7, 11) is 3.31. The summed E-state index contributed by atoms with van der Waals surface area (Å²) < 4.78 is 10.9. The van der Waals surface area contributed by atoms with Crippen molar-refractivity contribution in [3.8, 4) is 11.5 Å². The number of pyridine rings is 1. The van der Waals surface area contributed by atoms with Crippen LogP contribution in [0.25, 0.3) is 0 Å². The molecule has 0 bridgehead atoms. The first kappa shape index (κ1) is 21.2. The first-order chi connectivity index (χ1) is 14.4. The summed E-state index contributed by atoms with van der Waals surface area (Å²) in [6.07, 6.45) is 0. The number of aromatic nitrogens is 1. The Labute approximate surface area is 178 Å². The molecule has 3 rings (SSSR count). The number of methoxy groups -OCH3 is 2. The van der Waals surface area contributed by atoms with Gasteiger partial charge in [0.25, 0.3) is 0 Å². The van der Waals surface area contributed by atoms with Crippen molar-refractivity contribution in [3.63, 3.8) is 0 Å². The third kappa shape index (κ3) is 4.57. The Bertz CT molecular complexity index is 1030. The normalized spacial score (nSPS) is 12.1. The highest BCUT2D eigenvalue weighted by Crippen LogP contribution is 2.32. The van der Waals surface area contributed by atoms with Crippen LogP contribution in [-0.4, -0.2) is 30.6 Å². The number of aliphatic imine (C=N–C) groups is 2. The predicted molar refractivity (Wildman–Crippen MR) is 123 cm³/mol. The van der Waals surface area contributed by atoms with E-state index in [4.69, 9.17) is 24.4 Å². The van der Waals surface area contributed by atoms with Gasteiger partial charge in [-0.05, 0) is 63.1 Å². The molecule has 5 heteroatoms. The first-order valence-electron chi connectivity index (χ1n) is 9.80. The van der Waals surface area contributed by atoms with Gasteiger partial charge in [0.2, 0.25) is 0 Å². The zero-order valence-electron chi connectivity index (χ0n) is 18.4. The second-order valence-corrected chi connectivity index (χ2v) is 7.05. The second-order valence-electron chi connectivity index (χ2n) is 7.05. The largest absolute Gasteiger partial charge is 0.494 e. The molecule has 1 heterocycles. The molecule has 0 spiro atoms. The summed E-state index contributed by atoms with van der Waals surface area (Å²) in [5.41, 5.74) is 6.95. The maximum Gasteiger partial charge on any atom is 0.144 e. The van der Waals surface area contributed by atoms with Crippen LogP contribution in [0, 0.1) is 13.8 Å². The van der Waals surface area contributed by atoms with Gasteiger partial charge in [-0.3, -0.25) is 0 Å². The highest BCUT2D eigenvalue weighted by atomic mass is 16.5. The van der Waals surface area contributed by atoms with Crippen LogP contribution in [0.2, 0.25) is 0 Å². The van der Waals surface area contributed by atoms with Crippen LogP contribution in [-0.2, 0) is 0 Å². The molecular formula is C25H27N3O2. The van der Waals surface area contributed by atoms with Crippen molar-refractivity contribution in [2.75, 3.05) is 14.2 Å². The fourth-order valence-electron chi connectivity index (χ4n) is 3.17. The van der Waals surface area contributed by atoms with Gasteiger partial charge in [-0.15, -0.1) is 0 Å². The third-order valence-electron chi connectivity index (χ3n) is 4.89. The summed E-state index contributed by atoms with van der Waals surface area (Å²) in [6, 6.07) is 17.7. The van der Waals surface area contributed by atoms with Crippen LogP contribution in [0.4, 0.5) is 11.4 Å². The van der Waals surface area contributed by atoms with Crippen LogP contribution >= 0.6 is 0 Å². The number of ether oxygens (including phenoxy) is 2. The molecule has 0 aliphatic heterocycles. The van der Waals surface area contributed by atoms with Crippen LogP contribution < -0.4 is 9.47 Å². The van der Waals surface area contributed by atoms with Crippen molar-refractivity contribution >= 4 is 22.8 Å². The van der Waals surface area contributed by atoms with E-state index >= 15 is 0 Å². The molecule has 0 aliphatic carbocycles. The van der Waals surface area contributed by atoms with Gasteiger partial charge in [0.05, 0.1) is 37.0 Å². The lowest BCUT2D eigenvalue weighted by atomic mass is 10.1. The van der Waals surface area contributed by atoms with E-state index in [2.05, 4.69) is 0 Å². The van der Waals surface area contributed by atoms with Gasteiger partial charge in [0.1, 0.15) is 22.9 Å². The van der Waals surface area contributed by atoms with Gasteiger partial charge in [0, 0.05) is 0 Å². The van der Waals surface area contributed by atoms with Crippen LogP contribution in [0.15, 0.2) is 64.6 Å². The zero-order chi connectivity index (χ0) is 21.7. The number of aryl methyl sites for hydroxylation is 2. The molecular weight excluding hydrogens is 374 g/mol. The average molecular weight is 402 g/mol. The molecule has 2 aromatic carbocycles. The Kier molecular flexibility index (Phi) is 6.62. The third-order valence-corrected chi connectivity index (χ3v) is 4.89. The minimum atomic E-state index is 0.745. The summed E-state index contributed by atoms with van der Waals surface area (Å²) in [6.45, 7) is 7.94. The quantitative estimate of drug-likeness (QED) is 0.476. The molecule has 0 saturated carbocycles. The van der Waals surface area contributed by atoms with Gasteiger partial charge >= 0.3 is 0 Å². The maximum absolute atomic E-state index is 5.47. The van der Waals surface area contributed by atoms with E-state index in [1.807, 2.05) is 82.3 Å². The number of hydrogen-bond acceptors (Lipinski definition) is 5. The summed E-state index contributed by atoms with van der Waals surface area (Å²) in [4.78, 5) is 14.4. The topological polar surface area (TPSA) is 56.1 Å². The summed E-state index contributed by atoms with van der Waals surface area (Å²) in [5.74, 6) is 1.49. The lowest BCUT2D eigenvalue weighted by Crippen LogP contribution is -2.05. The van der Waals surface area contributed by atoms with E-state index in [1.54, 1.807) is 14.2 Å². The molecule has 0 aliphatic rings. The Balaban J connectivity index is 1.99. The van der Waals surface area contributed by atoms with Gasteiger partial charge < -0.3 is 9.47 Å². The molecule has 5 nitrogen and oxygen atoms in total. The van der Waals surface area contributed by atoms with E-state index in [0.29, 0.717) is 0 Å². The van der Waals surface area contributed by atoms with Crippen molar-refractivity contribution in [2.45, 2.75) is 27.7 Å². The van der Waals surface area contributed by atoms with E-state index in [1.165, 1.54) is 0 Å². The average Bonchev–Trinajstić information content (AvgIpc) is 2.76. The molecule has 0 amide bonds.